The summed E-state index contributed by atoms with van der Waals surface area (Å²) in [5.41, 5.74) is 1.43. The van der Waals surface area contributed by atoms with E-state index in [2.05, 4.69) is 9.97 Å². The summed E-state index contributed by atoms with van der Waals surface area (Å²) in [5.74, 6) is 0. The molecular formula is C8H5BN2. The Bertz CT molecular complexity index is 387. The molecule has 0 fully saturated rings. The Morgan fingerprint density at radius 2 is 2.09 bits per heavy atom. The molecule has 2 radical (unpaired) electrons. The van der Waals surface area contributed by atoms with Crippen LogP contribution < -0.4 is 5.59 Å². The largest absolute Gasteiger partial charge is 0.264 e. The van der Waals surface area contributed by atoms with Crippen molar-refractivity contribution in [3.63, 3.8) is 0 Å². The minimum absolute atomic E-state index is 0.545. The van der Waals surface area contributed by atoms with Gasteiger partial charge in [-0.15, -0.1) is 0 Å². The molecular weight excluding hydrogens is 135 g/mol. The van der Waals surface area contributed by atoms with E-state index >= 15 is 0 Å². The van der Waals surface area contributed by atoms with Gasteiger partial charge in [-0.05, 0) is 11.7 Å². The van der Waals surface area contributed by atoms with Gasteiger partial charge in [-0.2, -0.15) is 0 Å². The van der Waals surface area contributed by atoms with Crippen LogP contribution >= 0.6 is 0 Å². The van der Waals surface area contributed by atoms with Gasteiger partial charge in [0.05, 0.1) is 5.52 Å². The van der Waals surface area contributed by atoms with E-state index in [-0.39, 0.29) is 0 Å². The average Bonchev–Trinajstić information content (AvgIpc) is 2.04. The van der Waals surface area contributed by atoms with Crippen molar-refractivity contribution in [3.05, 3.63) is 30.6 Å². The molecule has 50 valence electrons. The van der Waals surface area contributed by atoms with Crippen LogP contribution in [-0.4, -0.2) is 17.8 Å². The third-order valence-electron chi connectivity index (χ3n) is 1.51. The van der Waals surface area contributed by atoms with Gasteiger partial charge in [0, 0.05) is 17.8 Å². The van der Waals surface area contributed by atoms with E-state index in [1.807, 2.05) is 12.1 Å². The van der Waals surface area contributed by atoms with Gasteiger partial charge in [-0.3, -0.25) is 9.97 Å². The van der Waals surface area contributed by atoms with E-state index in [9.17, 15) is 0 Å². The van der Waals surface area contributed by atoms with Crippen molar-refractivity contribution < 1.29 is 0 Å². The molecule has 0 aromatic carbocycles. The van der Waals surface area contributed by atoms with E-state index in [1.165, 1.54) is 0 Å². The van der Waals surface area contributed by atoms with Crippen LogP contribution in [-0.2, 0) is 0 Å². The second kappa shape index (κ2) is 2.34. The molecule has 2 nitrogen and oxygen atoms in total. The van der Waals surface area contributed by atoms with Gasteiger partial charge in [0.1, 0.15) is 7.85 Å². The Balaban J connectivity index is 2.83. The monoisotopic (exact) mass is 140 g/mol. The zero-order valence-corrected chi connectivity index (χ0v) is 5.86. The highest BCUT2D eigenvalue weighted by Crippen LogP contribution is 2.04. The molecule has 0 N–H and O–H groups in total. The fraction of sp³-hybridized carbons (Fsp3) is 0. The van der Waals surface area contributed by atoms with E-state index in [0.29, 0.717) is 5.59 Å². The number of aromatic nitrogens is 2. The van der Waals surface area contributed by atoms with Gasteiger partial charge >= 0.3 is 0 Å². The van der Waals surface area contributed by atoms with Crippen molar-refractivity contribution in [2.75, 3.05) is 0 Å². The van der Waals surface area contributed by atoms with Gasteiger partial charge in [-0.1, -0.05) is 12.1 Å². The Hall–Kier alpha value is -1.38. The molecule has 0 atom stereocenters. The standard InChI is InChI=1S/C8H5BN2/c9-8-2-1-6-5-10-4-3-7(6)11-8/h1-5H. The van der Waals surface area contributed by atoms with Crippen LogP contribution in [0.3, 0.4) is 0 Å². The normalized spacial score (nSPS) is 10.2. The summed E-state index contributed by atoms with van der Waals surface area (Å²) in [6.07, 6.45) is 3.47. The first kappa shape index (κ1) is 6.34. The molecule has 0 bridgehead atoms. The fourth-order valence-corrected chi connectivity index (χ4v) is 0.981. The number of hydrogen-bond acceptors (Lipinski definition) is 2. The third-order valence-corrected chi connectivity index (χ3v) is 1.51. The summed E-state index contributed by atoms with van der Waals surface area (Å²) >= 11 is 0. The first-order chi connectivity index (χ1) is 5.36. The van der Waals surface area contributed by atoms with Crippen molar-refractivity contribution >= 4 is 24.3 Å². The smallest absolute Gasteiger partial charge is 0.141 e. The number of hydrogen-bond donors (Lipinski definition) is 0. The molecule has 3 heteroatoms. The zero-order valence-electron chi connectivity index (χ0n) is 5.86. The van der Waals surface area contributed by atoms with Gasteiger partial charge in [-0.25, -0.2) is 0 Å². The summed E-state index contributed by atoms with van der Waals surface area (Å²) in [6, 6.07) is 5.51. The predicted molar refractivity (Wildman–Crippen MR) is 44.9 cm³/mol. The van der Waals surface area contributed by atoms with Crippen molar-refractivity contribution in [1.29, 1.82) is 0 Å². The summed E-state index contributed by atoms with van der Waals surface area (Å²) < 4.78 is 0. The lowest BCUT2D eigenvalue weighted by Gasteiger charge is -1.95. The first-order valence-corrected chi connectivity index (χ1v) is 3.32. The van der Waals surface area contributed by atoms with E-state index in [1.54, 1.807) is 18.5 Å². The Kier molecular flexibility index (Phi) is 1.35. The van der Waals surface area contributed by atoms with E-state index < -0.39 is 0 Å². The highest BCUT2D eigenvalue weighted by atomic mass is 14.7. The molecule has 0 saturated carbocycles. The summed E-state index contributed by atoms with van der Waals surface area (Å²) in [5, 5.41) is 1.02. The van der Waals surface area contributed by atoms with Crippen molar-refractivity contribution in [1.82, 2.24) is 9.97 Å². The van der Waals surface area contributed by atoms with Crippen molar-refractivity contribution in [3.8, 4) is 0 Å². The lowest BCUT2D eigenvalue weighted by atomic mass is 10.0. The topological polar surface area (TPSA) is 25.8 Å². The predicted octanol–water partition coefficient (Wildman–Crippen LogP) is 0.424. The highest BCUT2D eigenvalue weighted by Gasteiger charge is 1.91. The molecule has 0 aliphatic heterocycles. The summed E-state index contributed by atoms with van der Waals surface area (Å²) in [4.78, 5) is 8.08. The van der Waals surface area contributed by atoms with Crippen LogP contribution in [0, 0.1) is 0 Å². The van der Waals surface area contributed by atoms with Crippen LogP contribution in [0.25, 0.3) is 10.9 Å². The van der Waals surface area contributed by atoms with Crippen LogP contribution in [0.15, 0.2) is 30.6 Å². The second-order valence-electron chi connectivity index (χ2n) is 2.30. The minimum Gasteiger partial charge on any atom is -0.264 e. The lowest BCUT2D eigenvalue weighted by Crippen LogP contribution is -2.06. The molecule has 0 unspecified atom stereocenters. The summed E-state index contributed by atoms with van der Waals surface area (Å²) in [6.45, 7) is 0. The highest BCUT2D eigenvalue weighted by molar-refractivity contribution is 6.31. The van der Waals surface area contributed by atoms with Crippen LogP contribution in [0.2, 0.25) is 0 Å². The molecule has 2 rings (SSSR count). The van der Waals surface area contributed by atoms with E-state index in [4.69, 9.17) is 7.85 Å². The first-order valence-electron chi connectivity index (χ1n) is 3.32. The third kappa shape index (κ3) is 1.09. The minimum atomic E-state index is 0.545. The van der Waals surface area contributed by atoms with Gasteiger partial charge in [0.25, 0.3) is 0 Å². The fourth-order valence-electron chi connectivity index (χ4n) is 0.981. The molecule has 2 aromatic heterocycles. The number of fused-ring (bicyclic) bond motifs is 1. The average molecular weight is 140 g/mol. The molecule has 2 aromatic rings. The molecule has 0 aliphatic carbocycles. The van der Waals surface area contributed by atoms with Gasteiger partial charge in [0.15, 0.2) is 0 Å². The Morgan fingerprint density at radius 3 is 3.00 bits per heavy atom. The maximum Gasteiger partial charge on any atom is 0.141 e. The van der Waals surface area contributed by atoms with Crippen LogP contribution in [0.5, 0.6) is 0 Å². The zero-order chi connectivity index (χ0) is 7.68. The molecule has 11 heavy (non-hydrogen) atoms. The lowest BCUT2D eigenvalue weighted by molar-refractivity contribution is 1.34. The second-order valence-corrected chi connectivity index (χ2v) is 2.30. The van der Waals surface area contributed by atoms with E-state index in [0.717, 1.165) is 10.9 Å². The Labute approximate surface area is 65.7 Å². The number of pyridine rings is 2. The van der Waals surface area contributed by atoms with Gasteiger partial charge in [0.2, 0.25) is 0 Å². The van der Waals surface area contributed by atoms with Crippen molar-refractivity contribution in [2.45, 2.75) is 0 Å². The molecule has 2 heterocycles. The molecule has 0 amide bonds. The Morgan fingerprint density at radius 1 is 1.18 bits per heavy atom. The quantitative estimate of drug-likeness (QED) is 0.495. The summed E-state index contributed by atoms with van der Waals surface area (Å²) in [7, 11) is 5.49. The van der Waals surface area contributed by atoms with Crippen LogP contribution in [0.4, 0.5) is 0 Å². The maximum absolute atomic E-state index is 5.49. The molecule has 0 saturated heterocycles. The van der Waals surface area contributed by atoms with Gasteiger partial charge < -0.3 is 0 Å². The van der Waals surface area contributed by atoms with Crippen LogP contribution in [0.1, 0.15) is 0 Å². The molecule has 0 aliphatic rings. The molecule has 0 spiro atoms. The number of nitrogens with zero attached hydrogens (tertiary/aromatic N) is 2. The van der Waals surface area contributed by atoms with Crippen molar-refractivity contribution in [2.24, 2.45) is 0 Å². The maximum atomic E-state index is 5.49. The number of rotatable bonds is 0. The SMILES string of the molecule is [B]c1ccc2cnccc2n1.